The standard InChI is InChI=1S/C17H24N2O/c1-19-10-9-13-11-14(17(18)20)7-8-15(13)16(19)12-5-3-2-4-6-12/h7-8,11-12,16H,2-6,9-10H2,1H3,(H2,18,20). The fourth-order valence-corrected chi connectivity index (χ4v) is 4.00. The van der Waals surface area contributed by atoms with E-state index < -0.39 is 0 Å². The van der Waals surface area contributed by atoms with Gasteiger partial charge in [0, 0.05) is 18.2 Å². The van der Waals surface area contributed by atoms with Crippen LogP contribution in [0.3, 0.4) is 0 Å². The number of nitrogens with zero attached hydrogens (tertiary/aromatic N) is 1. The molecule has 108 valence electrons. The first-order valence-corrected chi connectivity index (χ1v) is 7.79. The number of nitrogens with two attached hydrogens (primary N) is 1. The maximum atomic E-state index is 11.3. The van der Waals surface area contributed by atoms with Crippen molar-refractivity contribution in [3.8, 4) is 0 Å². The van der Waals surface area contributed by atoms with Gasteiger partial charge < -0.3 is 5.73 Å². The number of benzene rings is 1. The Kier molecular flexibility index (Phi) is 3.79. The summed E-state index contributed by atoms with van der Waals surface area (Å²) in [7, 11) is 2.24. The highest BCUT2D eigenvalue weighted by molar-refractivity contribution is 5.93. The molecule has 1 aromatic rings. The van der Waals surface area contributed by atoms with E-state index >= 15 is 0 Å². The van der Waals surface area contributed by atoms with E-state index in [0.29, 0.717) is 11.6 Å². The SMILES string of the molecule is CN1CCc2cc(C(N)=O)ccc2C1C1CCCCC1. The molecule has 2 aliphatic rings. The predicted molar refractivity (Wildman–Crippen MR) is 80.6 cm³/mol. The van der Waals surface area contributed by atoms with Gasteiger partial charge in [-0.1, -0.05) is 25.3 Å². The van der Waals surface area contributed by atoms with Crippen LogP contribution in [0.4, 0.5) is 0 Å². The Labute approximate surface area is 121 Å². The lowest BCUT2D eigenvalue weighted by Crippen LogP contribution is -2.37. The summed E-state index contributed by atoms with van der Waals surface area (Å²) in [6.07, 6.45) is 7.82. The van der Waals surface area contributed by atoms with Gasteiger partial charge in [0.25, 0.3) is 0 Å². The molecule has 1 heterocycles. The first kappa shape index (κ1) is 13.6. The maximum absolute atomic E-state index is 11.3. The van der Waals surface area contributed by atoms with Crippen molar-refractivity contribution in [1.29, 1.82) is 0 Å². The van der Waals surface area contributed by atoms with Gasteiger partial charge in [-0.05, 0) is 55.5 Å². The maximum Gasteiger partial charge on any atom is 0.248 e. The average molecular weight is 272 g/mol. The Balaban J connectivity index is 1.94. The third kappa shape index (κ3) is 2.47. The summed E-state index contributed by atoms with van der Waals surface area (Å²) >= 11 is 0. The molecule has 1 amide bonds. The average Bonchev–Trinajstić information content (AvgIpc) is 2.47. The number of rotatable bonds is 2. The van der Waals surface area contributed by atoms with Gasteiger partial charge in [-0.15, -0.1) is 0 Å². The molecule has 0 aromatic heterocycles. The lowest BCUT2D eigenvalue weighted by Gasteiger charge is -2.41. The van der Waals surface area contributed by atoms with Gasteiger partial charge in [-0.2, -0.15) is 0 Å². The lowest BCUT2D eigenvalue weighted by molar-refractivity contribution is 0.0999. The quantitative estimate of drug-likeness (QED) is 0.900. The smallest absolute Gasteiger partial charge is 0.248 e. The number of fused-ring (bicyclic) bond motifs is 1. The van der Waals surface area contributed by atoms with Crippen LogP contribution in [0, 0.1) is 5.92 Å². The van der Waals surface area contributed by atoms with E-state index in [4.69, 9.17) is 5.73 Å². The number of carbonyl (C=O) groups is 1. The number of hydrogen-bond donors (Lipinski definition) is 1. The summed E-state index contributed by atoms with van der Waals surface area (Å²) < 4.78 is 0. The molecule has 0 bridgehead atoms. The number of hydrogen-bond acceptors (Lipinski definition) is 2. The van der Waals surface area contributed by atoms with Crippen molar-refractivity contribution >= 4 is 5.91 Å². The van der Waals surface area contributed by atoms with Crippen molar-refractivity contribution in [2.75, 3.05) is 13.6 Å². The molecule has 1 fully saturated rings. The molecule has 3 nitrogen and oxygen atoms in total. The molecule has 20 heavy (non-hydrogen) atoms. The van der Waals surface area contributed by atoms with Crippen molar-refractivity contribution in [3.05, 3.63) is 34.9 Å². The molecule has 1 aliphatic heterocycles. The summed E-state index contributed by atoms with van der Waals surface area (Å²) in [6, 6.07) is 6.59. The van der Waals surface area contributed by atoms with Gasteiger partial charge in [-0.25, -0.2) is 0 Å². The molecular weight excluding hydrogens is 248 g/mol. The molecule has 0 radical (unpaired) electrons. The second-order valence-electron chi connectivity index (χ2n) is 6.35. The topological polar surface area (TPSA) is 46.3 Å². The van der Waals surface area contributed by atoms with Gasteiger partial charge in [0.15, 0.2) is 0 Å². The molecule has 1 aliphatic carbocycles. The van der Waals surface area contributed by atoms with Crippen LogP contribution in [0.15, 0.2) is 18.2 Å². The van der Waals surface area contributed by atoms with Crippen molar-refractivity contribution in [2.24, 2.45) is 11.7 Å². The molecule has 1 unspecified atom stereocenters. The van der Waals surface area contributed by atoms with Gasteiger partial charge >= 0.3 is 0 Å². The number of carbonyl (C=O) groups excluding carboxylic acids is 1. The highest BCUT2D eigenvalue weighted by Crippen LogP contribution is 2.41. The zero-order valence-corrected chi connectivity index (χ0v) is 12.3. The Morgan fingerprint density at radius 3 is 2.70 bits per heavy atom. The summed E-state index contributed by atoms with van der Waals surface area (Å²) in [5, 5.41) is 0. The number of primary amides is 1. The molecule has 2 N–H and O–H groups in total. The fraction of sp³-hybridized carbons (Fsp3) is 0.588. The molecule has 3 rings (SSSR count). The number of amides is 1. The van der Waals surface area contributed by atoms with Crippen LogP contribution in [0.5, 0.6) is 0 Å². The van der Waals surface area contributed by atoms with E-state index in [-0.39, 0.29) is 5.91 Å². The van der Waals surface area contributed by atoms with Crippen molar-refractivity contribution < 1.29 is 4.79 Å². The molecule has 1 atom stereocenters. The van der Waals surface area contributed by atoms with Crippen molar-refractivity contribution in [1.82, 2.24) is 4.90 Å². The molecule has 1 aromatic carbocycles. The van der Waals surface area contributed by atoms with Crippen LogP contribution in [0.2, 0.25) is 0 Å². The summed E-state index contributed by atoms with van der Waals surface area (Å²) in [5.41, 5.74) is 8.81. The van der Waals surface area contributed by atoms with E-state index in [9.17, 15) is 4.79 Å². The molecule has 3 heteroatoms. The summed E-state index contributed by atoms with van der Waals surface area (Å²) in [4.78, 5) is 13.8. The molecule has 0 saturated heterocycles. The number of likely N-dealkylation sites (N-methyl/N-ethyl adjacent to an activating group) is 1. The van der Waals surface area contributed by atoms with Gasteiger partial charge in [0.1, 0.15) is 0 Å². The van der Waals surface area contributed by atoms with Crippen LogP contribution in [0.1, 0.15) is 59.6 Å². The van der Waals surface area contributed by atoms with Crippen LogP contribution < -0.4 is 5.73 Å². The predicted octanol–water partition coefficient (Wildman–Crippen LogP) is 2.89. The third-order valence-electron chi connectivity index (χ3n) is 5.05. The second kappa shape index (κ2) is 5.57. The second-order valence-corrected chi connectivity index (χ2v) is 6.35. The third-order valence-corrected chi connectivity index (χ3v) is 5.05. The minimum absolute atomic E-state index is 0.319. The Hall–Kier alpha value is -1.35. The molecular formula is C17H24N2O. The highest BCUT2D eigenvalue weighted by atomic mass is 16.1. The largest absolute Gasteiger partial charge is 0.366 e. The van der Waals surface area contributed by atoms with E-state index in [0.717, 1.165) is 18.9 Å². The normalized spacial score (nSPS) is 24.4. The Morgan fingerprint density at radius 2 is 2.00 bits per heavy atom. The van der Waals surface area contributed by atoms with Gasteiger partial charge in [-0.3, -0.25) is 9.69 Å². The first-order chi connectivity index (χ1) is 9.66. The van der Waals surface area contributed by atoms with E-state index in [2.05, 4.69) is 18.0 Å². The Bertz CT molecular complexity index is 506. The van der Waals surface area contributed by atoms with Crippen LogP contribution in [-0.2, 0) is 6.42 Å². The minimum Gasteiger partial charge on any atom is -0.366 e. The van der Waals surface area contributed by atoms with E-state index in [1.165, 1.54) is 43.2 Å². The van der Waals surface area contributed by atoms with Crippen molar-refractivity contribution in [2.45, 2.75) is 44.6 Å². The summed E-state index contributed by atoms with van der Waals surface area (Å²) in [6.45, 7) is 1.08. The zero-order valence-electron chi connectivity index (χ0n) is 12.3. The molecule has 1 saturated carbocycles. The van der Waals surface area contributed by atoms with Crippen LogP contribution in [-0.4, -0.2) is 24.4 Å². The summed E-state index contributed by atoms with van der Waals surface area (Å²) in [5.74, 6) is 0.452. The molecule has 0 spiro atoms. The first-order valence-electron chi connectivity index (χ1n) is 7.79. The minimum atomic E-state index is -0.319. The van der Waals surface area contributed by atoms with Gasteiger partial charge in [0.2, 0.25) is 5.91 Å². The highest BCUT2D eigenvalue weighted by Gasteiger charge is 2.32. The van der Waals surface area contributed by atoms with E-state index in [1.807, 2.05) is 12.1 Å². The Morgan fingerprint density at radius 1 is 1.25 bits per heavy atom. The lowest BCUT2D eigenvalue weighted by atomic mass is 9.77. The van der Waals surface area contributed by atoms with Crippen LogP contribution in [0.25, 0.3) is 0 Å². The van der Waals surface area contributed by atoms with E-state index in [1.54, 1.807) is 0 Å². The zero-order chi connectivity index (χ0) is 14.1. The monoisotopic (exact) mass is 272 g/mol. The van der Waals surface area contributed by atoms with Gasteiger partial charge in [0.05, 0.1) is 0 Å². The van der Waals surface area contributed by atoms with Crippen molar-refractivity contribution in [3.63, 3.8) is 0 Å². The fourth-order valence-electron chi connectivity index (χ4n) is 4.00. The van der Waals surface area contributed by atoms with Crippen LogP contribution >= 0.6 is 0 Å².